The van der Waals surface area contributed by atoms with E-state index in [0.29, 0.717) is 26.2 Å². The number of para-hydroxylation sites is 2. The summed E-state index contributed by atoms with van der Waals surface area (Å²) in [5.74, 6) is -0.153. The molecular formula is C10H22MoN4O5-6. The fourth-order valence-electron chi connectivity index (χ4n) is 0.464. The molecule has 10 N–H and O–H groups in total. The van der Waals surface area contributed by atoms with Gasteiger partial charge in [0.25, 0.3) is 0 Å². The summed E-state index contributed by atoms with van der Waals surface area (Å²) in [5.41, 5.74) is 19.6. The molecule has 0 heterocycles. The molecule has 0 unspecified atom stereocenters. The first-order valence-corrected chi connectivity index (χ1v) is 4.91. The molecule has 124 valence electrons. The van der Waals surface area contributed by atoms with Crippen molar-refractivity contribution in [3.8, 4) is 11.5 Å². The molecule has 10 heteroatoms. The smallest absolute Gasteiger partial charge is 0.157 e. The van der Waals surface area contributed by atoms with Gasteiger partial charge in [0.15, 0.2) is 11.5 Å². The van der Waals surface area contributed by atoms with Crippen LogP contribution in [0.25, 0.3) is 0 Å². The quantitative estimate of drug-likeness (QED) is 0.267. The van der Waals surface area contributed by atoms with Crippen molar-refractivity contribution < 1.29 is 47.7 Å². The van der Waals surface area contributed by atoms with Gasteiger partial charge in [0.2, 0.25) is 0 Å². The first-order chi connectivity index (χ1) is 7.63. The van der Waals surface area contributed by atoms with Crippen LogP contribution in [0.4, 0.5) is 0 Å². The molecule has 0 radical (unpaired) electrons. The summed E-state index contributed by atoms with van der Waals surface area (Å²) in [6.07, 6.45) is 0. The fourth-order valence-corrected chi connectivity index (χ4v) is 0.464. The molecule has 0 amide bonds. The number of rotatable bonds is 2. The van der Waals surface area contributed by atoms with Gasteiger partial charge >= 0.3 is 0 Å². The SMILES string of the molecule is NCCN.NCCN.Oc1ccccc1O.[Mo].[O-2].[O-2].[O-2]. The number of benzene rings is 1. The Morgan fingerprint density at radius 3 is 0.950 bits per heavy atom. The minimum Gasteiger partial charge on any atom is -2.00 e. The summed E-state index contributed by atoms with van der Waals surface area (Å²) in [6, 6.07) is 6.15. The number of hydrogen-bond donors (Lipinski definition) is 6. The summed E-state index contributed by atoms with van der Waals surface area (Å²) in [6.45, 7) is 2.39. The second kappa shape index (κ2) is 30.9. The molecule has 20 heavy (non-hydrogen) atoms. The second-order valence-electron chi connectivity index (χ2n) is 2.64. The van der Waals surface area contributed by atoms with Crippen LogP contribution in [0.2, 0.25) is 0 Å². The number of phenols is 2. The largest absolute Gasteiger partial charge is 2.00 e. The summed E-state index contributed by atoms with van der Waals surface area (Å²) >= 11 is 0. The van der Waals surface area contributed by atoms with Gasteiger partial charge in [0.1, 0.15) is 0 Å². The van der Waals surface area contributed by atoms with E-state index in [2.05, 4.69) is 0 Å². The van der Waals surface area contributed by atoms with Crippen molar-refractivity contribution in [1.82, 2.24) is 0 Å². The molecule has 1 aromatic carbocycles. The Balaban J connectivity index is -0.0000000365. The third-order valence-electron chi connectivity index (χ3n) is 1.22. The van der Waals surface area contributed by atoms with E-state index in [0.717, 1.165) is 0 Å². The van der Waals surface area contributed by atoms with Crippen LogP contribution in [0.1, 0.15) is 0 Å². The minimum atomic E-state index is -0.0764. The average Bonchev–Trinajstić information content (AvgIpc) is 2.33. The van der Waals surface area contributed by atoms with Gasteiger partial charge in [-0.2, -0.15) is 0 Å². The van der Waals surface area contributed by atoms with E-state index in [1.54, 1.807) is 12.1 Å². The first-order valence-electron chi connectivity index (χ1n) is 4.91. The van der Waals surface area contributed by atoms with Crippen molar-refractivity contribution in [3.63, 3.8) is 0 Å². The van der Waals surface area contributed by atoms with Crippen molar-refractivity contribution in [1.29, 1.82) is 0 Å². The van der Waals surface area contributed by atoms with Gasteiger partial charge in [0.05, 0.1) is 0 Å². The Hall–Kier alpha value is -0.772. The first kappa shape index (κ1) is 36.5. The summed E-state index contributed by atoms with van der Waals surface area (Å²) in [5, 5.41) is 17.3. The van der Waals surface area contributed by atoms with E-state index in [1.165, 1.54) is 12.1 Å². The third-order valence-corrected chi connectivity index (χ3v) is 1.22. The van der Waals surface area contributed by atoms with Gasteiger partial charge in [-0.25, -0.2) is 0 Å². The molecule has 0 aliphatic heterocycles. The number of hydrogen-bond acceptors (Lipinski definition) is 6. The van der Waals surface area contributed by atoms with E-state index < -0.39 is 0 Å². The van der Waals surface area contributed by atoms with E-state index in [1.807, 2.05) is 0 Å². The zero-order valence-corrected chi connectivity index (χ0v) is 13.0. The summed E-state index contributed by atoms with van der Waals surface area (Å²) in [4.78, 5) is 0. The van der Waals surface area contributed by atoms with Gasteiger partial charge in [-0.15, -0.1) is 0 Å². The van der Waals surface area contributed by atoms with Crippen molar-refractivity contribution in [2.24, 2.45) is 22.9 Å². The van der Waals surface area contributed by atoms with Crippen molar-refractivity contribution in [2.75, 3.05) is 26.2 Å². The van der Waals surface area contributed by atoms with Gasteiger partial charge in [-0.1, -0.05) is 12.1 Å². The predicted molar refractivity (Wildman–Crippen MR) is 68.0 cm³/mol. The Morgan fingerprint density at radius 1 is 0.650 bits per heavy atom. The van der Waals surface area contributed by atoms with Crippen LogP contribution >= 0.6 is 0 Å². The Bertz CT molecular complexity index is 230. The Kier molecular flexibility index (Phi) is 56.4. The molecule has 0 aliphatic rings. The van der Waals surface area contributed by atoms with E-state index in [4.69, 9.17) is 33.1 Å². The molecule has 0 saturated heterocycles. The van der Waals surface area contributed by atoms with Crippen LogP contribution in [0.15, 0.2) is 24.3 Å². The van der Waals surface area contributed by atoms with Crippen LogP contribution in [-0.4, -0.2) is 36.4 Å². The molecule has 0 aromatic heterocycles. The molecule has 1 rings (SSSR count). The molecular weight excluding hydrogens is 352 g/mol. The second-order valence-corrected chi connectivity index (χ2v) is 2.64. The maximum Gasteiger partial charge on any atom is 0.157 e. The van der Waals surface area contributed by atoms with Gasteiger partial charge in [-0.3, -0.25) is 0 Å². The van der Waals surface area contributed by atoms with Crippen LogP contribution < -0.4 is 22.9 Å². The normalized spacial score (nSPS) is 6.60. The maximum atomic E-state index is 8.67. The zero-order valence-electron chi connectivity index (χ0n) is 11.0. The molecule has 0 bridgehead atoms. The molecule has 0 fully saturated rings. The topological polar surface area (TPSA) is 230 Å². The molecule has 0 atom stereocenters. The Morgan fingerprint density at radius 2 is 0.850 bits per heavy atom. The van der Waals surface area contributed by atoms with Crippen LogP contribution in [0.5, 0.6) is 11.5 Å². The van der Waals surface area contributed by atoms with E-state index >= 15 is 0 Å². The monoisotopic (exact) mass is 376 g/mol. The van der Waals surface area contributed by atoms with Crippen molar-refractivity contribution in [2.45, 2.75) is 0 Å². The van der Waals surface area contributed by atoms with Gasteiger partial charge in [0, 0.05) is 47.2 Å². The fraction of sp³-hybridized carbons (Fsp3) is 0.400. The van der Waals surface area contributed by atoms with E-state index in [-0.39, 0.29) is 49.0 Å². The summed E-state index contributed by atoms with van der Waals surface area (Å²) < 4.78 is 0. The molecule has 0 aliphatic carbocycles. The summed E-state index contributed by atoms with van der Waals surface area (Å²) in [7, 11) is 0. The standard InChI is InChI=1S/C6H6O2.2C2H8N2.Mo.3O/c7-5-3-1-2-4-6(5)8;2*3-1-2-4;;;;/h1-4,7-8H;2*1-4H2;;;;/q;;;;3*-2. The predicted octanol–water partition coefficient (Wildman–Crippen LogP) is -1.45. The van der Waals surface area contributed by atoms with Crippen molar-refractivity contribution in [3.05, 3.63) is 24.3 Å². The molecule has 1 aromatic rings. The van der Waals surface area contributed by atoms with Crippen molar-refractivity contribution >= 4 is 0 Å². The minimum absolute atomic E-state index is 0. The van der Waals surface area contributed by atoms with Gasteiger partial charge < -0.3 is 49.6 Å². The average molecular weight is 374 g/mol. The van der Waals surface area contributed by atoms with Gasteiger partial charge in [-0.05, 0) is 12.1 Å². The number of nitrogens with two attached hydrogens (primary N) is 4. The van der Waals surface area contributed by atoms with Crippen LogP contribution in [-0.2, 0) is 37.5 Å². The number of aromatic hydroxyl groups is 2. The Labute approximate surface area is 133 Å². The zero-order chi connectivity index (χ0) is 12.8. The number of phenolic OH excluding ortho intramolecular Hbond substituents is 2. The maximum absolute atomic E-state index is 8.67. The third kappa shape index (κ3) is 30.3. The van der Waals surface area contributed by atoms with Crippen LogP contribution in [0.3, 0.4) is 0 Å². The van der Waals surface area contributed by atoms with Crippen LogP contribution in [0, 0.1) is 0 Å². The molecule has 9 nitrogen and oxygen atoms in total. The molecule has 0 spiro atoms. The molecule has 0 saturated carbocycles. The van der Waals surface area contributed by atoms with E-state index in [9.17, 15) is 0 Å².